The summed E-state index contributed by atoms with van der Waals surface area (Å²) in [6, 6.07) is 21.7. The lowest BCUT2D eigenvalue weighted by Gasteiger charge is -2.11. The van der Waals surface area contributed by atoms with Crippen LogP contribution in [-0.4, -0.2) is 44.9 Å². The summed E-state index contributed by atoms with van der Waals surface area (Å²) in [7, 11) is 3.31. The number of hydrogen-bond donors (Lipinski definition) is 2. The van der Waals surface area contributed by atoms with Crippen LogP contribution in [-0.2, 0) is 31.3 Å². The number of aryl methyl sites for hydroxylation is 5. The third-order valence-electron chi connectivity index (χ3n) is 9.19. The van der Waals surface area contributed by atoms with E-state index in [1.165, 1.54) is 7.11 Å². The molecule has 1 amide bonds. The lowest BCUT2D eigenvalue weighted by molar-refractivity contribution is 0.0589. The maximum Gasteiger partial charge on any atom is 0.354 e. The number of nitrogens with one attached hydrogen (secondary N) is 2. The van der Waals surface area contributed by atoms with E-state index in [0.29, 0.717) is 37.4 Å². The van der Waals surface area contributed by atoms with Gasteiger partial charge in [-0.05, 0) is 86.6 Å². The summed E-state index contributed by atoms with van der Waals surface area (Å²) in [4.78, 5) is 30.2. The van der Waals surface area contributed by atoms with Gasteiger partial charge < -0.3 is 24.3 Å². The smallest absolute Gasteiger partial charge is 0.354 e. The standard InChI is InChI=1S/C40H42ClN5O4/c1-24-18-30(19-25(2)36(24)41)50-17-11-16-32-31-14-10-15-33(35-26(3)44-45(5)27(35)4)37(31)43-38(32)39(47)42-21-29-20-34(40(48)49-6)46(23-29)22-28-12-8-7-9-13-28/h7-10,12-15,18-20,23,43H,11,16-17,21-22H2,1-6H3,(H,42,47). The highest BCUT2D eigenvalue weighted by atomic mass is 35.5. The fourth-order valence-electron chi connectivity index (χ4n) is 6.65. The molecule has 0 spiro atoms. The topological polar surface area (TPSA) is 103 Å². The molecule has 6 rings (SSSR count). The monoisotopic (exact) mass is 691 g/mol. The molecule has 10 heteroatoms. The molecule has 0 saturated heterocycles. The number of ether oxygens (including phenoxy) is 2. The van der Waals surface area contributed by atoms with Crippen LogP contribution in [0.5, 0.6) is 5.75 Å². The van der Waals surface area contributed by atoms with Gasteiger partial charge in [0, 0.05) is 53.6 Å². The molecule has 3 aromatic heterocycles. The molecule has 0 saturated carbocycles. The average Bonchev–Trinajstić information content (AvgIpc) is 3.76. The zero-order chi connectivity index (χ0) is 35.5. The number of aromatic amines is 1. The van der Waals surface area contributed by atoms with Gasteiger partial charge >= 0.3 is 5.97 Å². The summed E-state index contributed by atoms with van der Waals surface area (Å²) in [5.74, 6) is 0.106. The molecular weight excluding hydrogens is 650 g/mol. The van der Waals surface area contributed by atoms with Crippen molar-refractivity contribution in [2.24, 2.45) is 7.05 Å². The zero-order valence-electron chi connectivity index (χ0n) is 29.3. The van der Waals surface area contributed by atoms with E-state index in [4.69, 9.17) is 21.1 Å². The molecule has 6 aromatic rings. The SMILES string of the molecule is COC(=O)c1cc(CNC(=O)c2[nH]c3c(-c4c(C)nn(C)c4C)cccc3c2CCCOc2cc(C)c(Cl)c(C)c2)cn1Cc1ccccc1. The second-order valence-electron chi connectivity index (χ2n) is 12.7. The van der Waals surface area contributed by atoms with Crippen LogP contribution in [0.15, 0.2) is 72.9 Å². The number of methoxy groups -OCH3 is 1. The Bertz CT molecular complexity index is 2170. The summed E-state index contributed by atoms with van der Waals surface area (Å²) in [6.45, 7) is 9.19. The number of esters is 1. The molecule has 3 heterocycles. The van der Waals surface area contributed by atoms with Crippen LogP contribution in [0.2, 0.25) is 5.02 Å². The molecule has 0 aliphatic heterocycles. The molecule has 0 radical (unpaired) electrons. The predicted molar refractivity (Wildman–Crippen MR) is 197 cm³/mol. The number of benzene rings is 3. The number of nitrogens with zero attached hydrogens (tertiary/aromatic N) is 3. The molecule has 0 unspecified atom stereocenters. The number of aromatic nitrogens is 4. The number of hydrogen-bond acceptors (Lipinski definition) is 5. The second kappa shape index (κ2) is 14.7. The Hall–Kier alpha value is -5.28. The lowest BCUT2D eigenvalue weighted by Crippen LogP contribution is -2.24. The third kappa shape index (κ3) is 7.05. The minimum Gasteiger partial charge on any atom is -0.494 e. The van der Waals surface area contributed by atoms with Gasteiger partial charge in [0.1, 0.15) is 17.1 Å². The molecule has 0 atom stereocenters. The molecule has 2 N–H and O–H groups in total. The van der Waals surface area contributed by atoms with Crippen LogP contribution in [0.4, 0.5) is 0 Å². The normalized spacial score (nSPS) is 11.3. The van der Waals surface area contributed by atoms with Gasteiger partial charge in [0.15, 0.2) is 0 Å². The minimum atomic E-state index is -0.434. The van der Waals surface area contributed by atoms with E-state index in [1.54, 1.807) is 6.07 Å². The minimum absolute atomic E-state index is 0.228. The van der Waals surface area contributed by atoms with Crippen LogP contribution in [0, 0.1) is 27.7 Å². The van der Waals surface area contributed by atoms with E-state index in [2.05, 4.69) is 34.5 Å². The van der Waals surface area contributed by atoms with E-state index in [9.17, 15) is 9.59 Å². The Labute approximate surface area is 297 Å². The van der Waals surface area contributed by atoms with Crippen molar-refractivity contribution in [2.75, 3.05) is 13.7 Å². The van der Waals surface area contributed by atoms with Crippen LogP contribution in [0.1, 0.15) is 66.6 Å². The van der Waals surface area contributed by atoms with Crippen LogP contribution < -0.4 is 10.1 Å². The number of H-pyrrole nitrogens is 1. The van der Waals surface area contributed by atoms with Gasteiger partial charge in [0.2, 0.25) is 0 Å². The van der Waals surface area contributed by atoms with E-state index in [-0.39, 0.29) is 12.5 Å². The Morgan fingerprint density at radius 3 is 2.38 bits per heavy atom. The molecular formula is C40H42ClN5O4. The molecule has 0 aliphatic carbocycles. The van der Waals surface area contributed by atoms with Gasteiger partial charge in [-0.1, -0.05) is 60.1 Å². The lowest BCUT2D eigenvalue weighted by atomic mass is 9.98. The average molecular weight is 692 g/mol. The quantitative estimate of drug-likeness (QED) is 0.0999. The number of rotatable bonds is 12. The molecule has 0 fully saturated rings. The number of fused-ring (bicyclic) bond motifs is 1. The van der Waals surface area contributed by atoms with E-state index in [1.807, 2.05) is 91.8 Å². The van der Waals surface area contributed by atoms with Gasteiger partial charge in [-0.25, -0.2) is 4.79 Å². The van der Waals surface area contributed by atoms with Crippen molar-refractivity contribution < 1.29 is 19.1 Å². The first-order valence-corrected chi connectivity index (χ1v) is 17.1. The Balaban J connectivity index is 1.28. The number of amides is 1. The van der Waals surface area contributed by atoms with E-state index in [0.717, 1.165) is 72.0 Å². The molecule has 9 nitrogen and oxygen atoms in total. The number of halogens is 1. The van der Waals surface area contributed by atoms with Crippen molar-refractivity contribution in [3.05, 3.63) is 129 Å². The van der Waals surface area contributed by atoms with Gasteiger partial charge in [-0.2, -0.15) is 5.10 Å². The second-order valence-corrected chi connectivity index (χ2v) is 13.1. The molecule has 0 bridgehead atoms. The Morgan fingerprint density at radius 2 is 1.70 bits per heavy atom. The highest BCUT2D eigenvalue weighted by Crippen LogP contribution is 2.36. The molecule has 0 aliphatic rings. The van der Waals surface area contributed by atoms with Crippen molar-refractivity contribution in [3.8, 4) is 16.9 Å². The molecule has 258 valence electrons. The largest absolute Gasteiger partial charge is 0.494 e. The number of para-hydroxylation sites is 1. The molecule has 3 aromatic carbocycles. The maximum absolute atomic E-state index is 14.0. The summed E-state index contributed by atoms with van der Waals surface area (Å²) < 4.78 is 14.9. The fourth-order valence-corrected chi connectivity index (χ4v) is 6.76. The van der Waals surface area contributed by atoms with Crippen LogP contribution in [0.3, 0.4) is 0 Å². The third-order valence-corrected chi connectivity index (χ3v) is 9.79. The highest BCUT2D eigenvalue weighted by Gasteiger charge is 2.23. The number of carbonyl (C=O) groups is 2. The number of carbonyl (C=O) groups excluding carboxylic acids is 2. The summed E-state index contributed by atoms with van der Waals surface area (Å²) in [5.41, 5.74) is 10.5. The highest BCUT2D eigenvalue weighted by molar-refractivity contribution is 6.32. The van der Waals surface area contributed by atoms with Crippen LogP contribution >= 0.6 is 11.6 Å². The zero-order valence-corrected chi connectivity index (χ0v) is 30.1. The van der Waals surface area contributed by atoms with Gasteiger partial charge in [0.25, 0.3) is 5.91 Å². The first-order valence-electron chi connectivity index (χ1n) is 16.7. The first-order chi connectivity index (χ1) is 24.0. The fraction of sp³-hybridized carbons (Fsp3) is 0.275. The van der Waals surface area contributed by atoms with Crippen molar-refractivity contribution >= 4 is 34.4 Å². The van der Waals surface area contributed by atoms with Crippen LogP contribution in [0.25, 0.3) is 22.0 Å². The van der Waals surface area contributed by atoms with Gasteiger partial charge in [-0.3, -0.25) is 9.48 Å². The first kappa shape index (κ1) is 34.6. The Kier molecular flexibility index (Phi) is 10.2. The summed E-state index contributed by atoms with van der Waals surface area (Å²) >= 11 is 6.36. The van der Waals surface area contributed by atoms with Crippen molar-refractivity contribution in [2.45, 2.75) is 53.6 Å². The predicted octanol–water partition coefficient (Wildman–Crippen LogP) is 8.03. The Morgan fingerprint density at radius 1 is 0.960 bits per heavy atom. The summed E-state index contributed by atoms with van der Waals surface area (Å²) in [6.07, 6.45) is 3.19. The van der Waals surface area contributed by atoms with Crippen molar-refractivity contribution in [1.82, 2.24) is 24.6 Å². The van der Waals surface area contributed by atoms with E-state index >= 15 is 0 Å². The molecule has 50 heavy (non-hydrogen) atoms. The van der Waals surface area contributed by atoms with E-state index < -0.39 is 5.97 Å². The van der Waals surface area contributed by atoms with Gasteiger partial charge in [0.05, 0.1) is 24.9 Å². The van der Waals surface area contributed by atoms with Crippen molar-refractivity contribution in [1.29, 1.82) is 0 Å². The summed E-state index contributed by atoms with van der Waals surface area (Å²) in [5, 5.41) is 9.48. The van der Waals surface area contributed by atoms with Gasteiger partial charge in [-0.15, -0.1) is 0 Å². The maximum atomic E-state index is 14.0. The van der Waals surface area contributed by atoms with Crippen molar-refractivity contribution in [3.63, 3.8) is 0 Å².